The fraction of sp³-hybridized carbons (Fsp3) is 0.471. The number of rotatable bonds is 11. The molecule has 2 atom stereocenters. The average Bonchev–Trinajstić information content (AvgIpc) is 3.62. The van der Waals surface area contributed by atoms with Crippen molar-refractivity contribution in [2.45, 2.75) is 32.7 Å². The first kappa shape index (κ1) is 35.5. The van der Waals surface area contributed by atoms with Gasteiger partial charge >= 0.3 is 0 Å². The van der Waals surface area contributed by atoms with E-state index in [1.165, 1.54) is 28.3 Å². The first-order valence-electron chi connectivity index (χ1n) is 16.0. The Labute approximate surface area is 289 Å². The summed E-state index contributed by atoms with van der Waals surface area (Å²) in [5.41, 5.74) is 1.02. The molecule has 3 aromatic rings. The van der Waals surface area contributed by atoms with E-state index in [2.05, 4.69) is 5.32 Å². The van der Waals surface area contributed by atoms with E-state index in [-0.39, 0.29) is 28.7 Å². The molecule has 262 valence electrons. The van der Waals surface area contributed by atoms with E-state index < -0.39 is 12.0 Å². The standard InChI is InChI=1S/C34H42N6O8S/c1-20(19-49-21(2)41)32(43)40-11-7-8-25(40)31(42)36-30-23-17-28(47-5)29(48-6)18-24(23)35-34(37-30)39-14-12-38(13-15-39)33(44)22-9-10-26(45-3)27(16-22)46-4/h9-10,16-18,20,25H,7-8,11-15,19H2,1-6H3,(H,35,36,37,42). The van der Waals surface area contributed by atoms with Gasteiger partial charge in [0.1, 0.15) is 11.9 Å². The summed E-state index contributed by atoms with van der Waals surface area (Å²) < 4.78 is 21.7. The Kier molecular flexibility index (Phi) is 11.3. The van der Waals surface area contributed by atoms with Crippen molar-refractivity contribution < 1.29 is 38.1 Å². The molecule has 15 heteroatoms. The molecule has 14 nitrogen and oxygen atoms in total. The van der Waals surface area contributed by atoms with E-state index in [1.807, 2.05) is 4.90 Å². The van der Waals surface area contributed by atoms with Crippen LogP contribution < -0.4 is 29.2 Å². The van der Waals surface area contributed by atoms with Crippen molar-refractivity contribution in [1.82, 2.24) is 19.8 Å². The highest BCUT2D eigenvalue weighted by atomic mass is 32.2. The van der Waals surface area contributed by atoms with E-state index in [0.717, 1.165) is 11.8 Å². The lowest BCUT2D eigenvalue weighted by atomic mass is 10.1. The number of carbonyl (C=O) groups excluding carboxylic acids is 4. The maximum absolute atomic E-state index is 13.8. The molecule has 2 aliphatic heterocycles. The van der Waals surface area contributed by atoms with Crippen LogP contribution in [0.3, 0.4) is 0 Å². The number of fused-ring (bicyclic) bond motifs is 1. The molecule has 2 saturated heterocycles. The van der Waals surface area contributed by atoms with E-state index >= 15 is 0 Å². The normalized spacial score (nSPS) is 16.7. The Morgan fingerprint density at radius 1 is 0.878 bits per heavy atom. The van der Waals surface area contributed by atoms with Crippen LogP contribution in [0.1, 0.15) is 37.0 Å². The Morgan fingerprint density at radius 2 is 1.53 bits per heavy atom. The number of anilines is 2. The van der Waals surface area contributed by atoms with Crippen LogP contribution in [0.5, 0.6) is 23.0 Å². The third kappa shape index (κ3) is 7.77. The van der Waals surface area contributed by atoms with E-state index in [1.54, 1.807) is 54.2 Å². The number of aromatic nitrogens is 2. The highest BCUT2D eigenvalue weighted by molar-refractivity contribution is 8.13. The number of likely N-dealkylation sites (tertiary alicyclic amines) is 1. The SMILES string of the molecule is COc1ccc(C(=O)N2CCN(c3nc(NC(=O)C4CCCN4C(=O)C(C)CSC(C)=O)c4cc(OC)c(OC)cc4n3)CC2)cc1OC. The van der Waals surface area contributed by atoms with Gasteiger partial charge in [0.05, 0.1) is 34.0 Å². The van der Waals surface area contributed by atoms with Crippen LogP contribution in [-0.4, -0.2) is 116 Å². The van der Waals surface area contributed by atoms with Crippen LogP contribution in [0.2, 0.25) is 0 Å². The summed E-state index contributed by atoms with van der Waals surface area (Å²) in [7, 11) is 6.12. The molecule has 2 aromatic carbocycles. The van der Waals surface area contributed by atoms with Crippen LogP contribution in [-0.2, 0) is 14.4 Å². The predicted molar refractivity (Wildman–Crippen MR) is 186 cm³/mol. The Bertz CT molecular complexity index is 1730. The predicted octanol–water partition coefficient (Wildman–Crippen LogP) is 3.47. The largest absolute Gasteiger partial charge is 0.493 e. The molecular weight excluding hydrogens is 652 g/mol. The molecule has 0 bridgehead atoms. The average molecular weight is 695 g/mol. The smallest absolute Gasteiger partial charge is 0.254 e. The maximum atomic E-state index is 13.8. The number of piperazine rings is 1. The summed E-state index contributed by atoms with van der Waals surface area (Å²) in [5, 5.41) is 3.47. The van der Waals surface area contributed by atoms with Crippen LogP contribution in [0.4, 0.5) is 11.8 Å². The van der Waals surface area contributed by atoms with E-state index in [9.17, 15) is 19.2 Å². The number of nitrogens with zero attached hydrogens (tertiary/aromatic N) is 5. The van der Waals surface area contributed by atoms with Gasteiger partial charge in [0, 0.05) is 68.3 Å². The molecule has 2 fully saturated rings. The fourth-order valence-electron chi connectivity index (χ4n) is 6.04. The van der Waals surface area contributed by atoms with Gasteiger partial charge < -0.3 is 39.0 Å². The molecule has 0 radical (unpaired) electrons. The Hall–Kier alpha value is -4.79. The van der Waals surface area contributed by atoms with Crippen LogP contribution in [0, 0.1) is 5.92 Å². The highest BCUT2D eigenvalue weighted by Crippen LogP contribution is 2.36. The second-order valence-electron chi connectivity index (χ2n) is 11.8. The fourth-order valence-corrected chi connectivity index (χ4v) is 6.67. The molecule has 3 amide bonds. The summed E-state index contributed by atoms with van der Waals surface area (Å²) in [6.07, 6.45) is 1.19. The number of hydrogen-bond donors (Lipinski definition) is 1. The number of amides is 3. The molecule has 5 rings (SSSR count). The van der Waals surface area contributed by atoms with Crippen molar-refractivity contribution in [1.29, 1.82) is 0 Å². The minimum atomic E-state index is -0.683. The van der Waals surface area contributed by atoms with Gasteiger partial charge in [-0.15, -0.1) is 0 Å². The van der Waals surface area contributed by atoms with Crippen molar-refractivity contribution in [3.05, 3.63) is 35.9 Å². The second-order valence-corrected chi connectivity index (χ2v) is 13.0. The first-order chi connectivity index (χ1) is 23.6. The Morgan fingerprint density at radius 3 is 2.18 bits per heavy atom. The molecular formula is C34H42N6O8S. The molecule has 1 N–H and O–H groups in total. The molecule has 0 spiro atoms. The number of methoxy groups -OCH3 is 4. The summed E-state index contributed by atoms with van der Waals surface area (Å²) in [6.45, 7) is 5.44. The van der Waals surface area contributed by atoms with Gasteiger partial charge in [0.25, 0.3) is 5.91 Å². The topological polar surface area (TPSA) is 153 Å². The van der Waals surface area contributed by atoms with Crippen molar-refractivity contribution in [2.24, 2.45) is 5.92 Å². The minimum absolute atomic E-state index is 0.0558. The lowest BCUT2D eigenvalue weighted by Gasteiger charge is -2.35. The zero-order valence-corrected chi connectivity index (χ0v) is 29.4. The van der Waals surface area contributed by atoms with E-state index in [0.29, 0.717) is 96.7 Å². The number of nitrogens with one attached hydrogen (secondary N) is 1. The maximum Gasteiger partial charge on any atom is 0.254 e. The Balaban J connectivity index is 1.38. The van der Waals surface area contributed by atoms with Crippen molar-refractivity contribution in [2.75, 3.05) is 77.1 Å². The van der Waals surface area contributed by atoms with Crippen LogP contribution in [0.15, 0.2) is 30.3 Å². The lowest BCUT2D eigenvalue weighted by molar-refractivity contribution is -0.139. The summed E-state index contributed by atoms with van der Waals surface area (Å²) in [6, 6.07) is 7.85. The van der Waals surface area contributed by atoms with Crippen LogP contribution >= 0.6 is 11.8 Å². The monoisotopic (exact) mass is 694 g/mol. The zero-order chi connectivity index (χ0) is 35.2. The number of benzene rings is 2. The quantitative estimate of drug-likeness (QED) is 0.313. The van der Waals surface area contributed by atoms with Gasteiger partial charge in [0.15, 0.2) is 28.1 Å². The van der Waals surface area contributed by atoms with Gasteiger partial charge in [-0.25, -0.2) is 4.98 Å². The van der Waals surface area contributed by atoms with E-state index in [4.69, 9.17) is 28.9 Å². The summed E-state index contributed by atoms with van der Waals surface area (Å²) >= 11 is 1.10. The summed E-state index contributed by atoms with van der Waals surface area (Å²) in [4.78, 5) is 66.9. The second kappa shape index (κ2) is 15.6. The molecule has 3 heterocycles. The molecule has 0 aliphatic carbocycles. The number of ether oxygens (including phenoxy) is 4. The van der Waals surface area contributed by atoms with Crippen molar-refractivity contribution >= 4 is 57.3 Å². The lowest BCUT2D eigenvalue weighted by Crippen LogP contribution is -2.49. The molecule has 2 aliphatic rings. The van der Waals surface area contributed by atoms with Gasteiger partial charge in [-0.3, -0.25) is 19.2 Å². The van der Waals surface area contributed by atoms with Crippen molar-refractivity contribution in [3.63, 3.8) is 0 Å². The first-order valence-corrected chi connectivity index (χ1v) is 17.0. The molecule has 1 aromatic heterocycles. The minimum Gasteiger partial charge on any atom is -0.493 e. The highest BCUT2D eigenvalue weighted by Gasteiger charge is 2.36. The van der Waals surface area contributed by atoms with Crippen LogP contribution in [0.25, 0.3) is 10.9 Å². The van der Waals surface area contributed by atoms with Gasteiger partial charge in [0.2, 0.25) is 17.8 Å². The third-order valence-corrected chi connectivity index (χ3v) is 9.78. The zero-order valence-electron chi connectivity index (χ0n) is 28.6. The summed E-state index contributed by atoms with van der Waals surface area (Å²) in [5.74, 6) is 1.87. The molecule has 49 heavy (non-hydrogen) atoms. The van der Waals surface area contributed by atoms with Gasteiger partial charge in [-0.2, -0.15) is 4.98 Å². The van der Waals surface area contributed by atoms with Crippen molar-refractivity contribution in [3.8, 4) is 23.0 Å². The van der Waals surface area contributed by atoms with Gasteiger partial charge in [-0.05, 0) is 37.1 Å². The molecule has 0 saturated carbocycles. The number of thioether (sulfide) groups is 1. The number of hydrogen-bond acceptors (Lipinski definition) is 12. The van der Waals surface area contributed by atoms with Gasteiger partial charge in [-0.1, -0.05) is 18.7 Å². The third-order valence-electron chi connectivity index (χ3n) is 8.71. The molecule has 2 unspecified atom stereocenters. The number of carbonyl (C=O) groups is 4.